The quantitative estimate of drug-likeness (QED) is 0.692. The summed E-state index contributed by atoms with van der Waals surface area (Å²) in [5, 5.41) is 0. The van der Waals surface area contributed by atoms with Crippen LogP contribution in [0.3, 0.4) is 0 Å². The van der Waals surface area contributed by atoms with E-state index in [1.165, 1.54) is 13.1 Å². The molecule has 0 aliphatic carbocycles. The minimum absolute atomic E-state index is 0.0220. The average molecular weight is 222 g/mol. The van der Waals surface area contributed by atoms with Crippen LogP contribution in [0.15, 0.2) is 0 Å². The van der Waals surface area contributed by atoms with Crippen molar-refractivity contribution in [2.24, 2.45) is 17.3 Å². The third kappa shape index (κ3) is 1.52. The summed E-state index contributed by atoms with van der Waals surface area (Å²) in [6, 6.07) is 0. The predicted octanol–water partition coefficient (Wildman–Crippen LogP) is 0.849. The number of rotatable bonds is 2. The lowest BCUT2D eigenvalue weighted by Crippen LogP contribution is -2.61. The molecule has 0 aromatic rings. The Bertz CT molecular complexity index is 297. The Labute approximate surface area is 97.8 Å². The second kappa shape index (κ2) is 3.54. The maximum Gasteiger partial charge on any atom is 0.147 e. The highest BCUT2D eigenvalue weighted by atomic mass is 16.1. The zero-order valence-electron chi connectivity index (χ0n) is 10.4. The highest BCUT2D eigenvalue weighted by Crippen LogP contribution is 2.41. The Hall–Kier alpha value is -0.410. The van der Waals surface area contributed by atoms with Crippen molar-refractivity contribution in [2.45, 2.75) is 20.3 Å². The van der Waals surface area contributed by atoms with Crippen LogP contribution in [0.4, 0.5) is 0 Å². The number of hydrogen-bond donors (Lipinski definition) is 0. The van der Waals surface area contributed by atoms with Crippen LogP contribution in [0.1, 0.15) is 20.3 Å². The van der Waals surface area contributed by atoms with E-state index in [0.717, 1.165) is 32.6 Å². The summed E-state index contributed by atoms with van der Waals surface area (Å²) >= 11 is 0. The van der Waals surface area contributed by atoms with Crippen LogP contribution in [0.25, 0.3) is 0 Å². The second-order valence-electron chi connectivity index (χ2n) is 6.41. The van der Waals surface area contributed by atoms with E-state index in [1.54, 1.807) is 0 Å². The molecule has 0 aromatic heterocycles. The summed E-state index contributed by atoms with van der Waals surface area (Å²) < 4.78 is 0. The maximum absolute atomic E-state index is 12.5. The molecular formula is C13H22N2O. The van der Waals surface area contributed by atoms with Crippen molar-refractivity contribution >= 4 is 5.78 Å². The first-order valence-electron chi connectivity index (χ1n) is 6.58. The smallest absolute Gasteiger partial charge is 0.147 e. The first-order valence-corrected chi connectivity index (χ1v) is 6.58. The zero-order valence-corrected chi connectivity index (χ0v) is 10.4. The Kier molecular flexibility index (Phi) is 2.37. The minimum atomic E-state index is -0.0220. The molecule has 90 valence electrons. The van der Waals surface area contributed by atoms with Gasteiger partial charge >= 0.3 is 0 Å². The molecule has 2 unspecified atom stereocenters. The van der Waals surface area contributed by atoms with Crippen molar-refractivity contribution in [1.29, 1.82) is 0 Å². The fourth-order valence-electron chi connectivity index (χ4n) is 4.11. The van der Waals surface area contributed by atoms with E-state index >= 15 is 0 Å². The lowest BCUT2D eigenvalue weighted by molar-refractivity contribution is -0.146. The number of nitrogens with zero attached hydrogens (tertiary/aromatic N) is 2. The van der Waals surface area contributed by atoms with Gasteiger partial charge in [0, 0.05) is 45.2 Å². The van der Waals surface area contributed by atoms with Crippen LogP contribution in [0, 0.1) is 17.3 Å². The summed E-state index contributed by atoms with van der Waals surface area (Å²) in [6.07, 6.45) is 1.08. The van der Waals surface area contributed by atoms with Gasteiger partial charge in [-0.1, -0.05) is 13.8 Å². The van der Waals surface area contributed by atoms with E-state index in [9.17, 15) is 4.79 Å². The molecule has 0 radical (unpaired) electrons. The molecule has 0 amide bonds. The van der Waals surface area contributed by atoms with Gasteiger partial charge in [0.25, 0.3) is 0 Å². The second-order valence-corrected chi connectivity index (χ2v) is 6.41. The van der Waals surface area contributed by atoms with Gasteiger partial charge in [-0.25, -0.2) is 0 Å². The number of ketones is 1. The van der Waals surface area contributed by atoms with Gasteiger partial charge in [-0.2, -0.15) is 0 Å². The number of Topliss-reactive ketones (excluding diaryl/α,β-unsaturated/α-hetero) is 1. The van der Waals surface area contributed by atoms with Crippen LogP contribution in [0.2, 0.25) is 0 Å². The van der Waals surface area contributed by atoms with E-state index in [1.807, 2.05) is 0 Å². The lowest BCUT2D eigenvalue weighted by Gasteiger charge is -2.49. The van der Waals surface area contributed by atoms with Gasteiger partial charge < -0.3 is 9.80 Å². The Morgan fingerprint density at radius 3 is 2.31 bits per heavy atom. The van der Waals surface area contributed by atoms with Crippen LogP contribution < -0.4 is 0 Å². The van der Waals surface area contributed by atoms with E-state index in [4.69, 9.17) is 0 Å². The minimum Gasteiger partial charge on any atom is -0.300 e. The molecule has 4 heterocycles. The fourth-order valence-corrected chi connectivity index (χ4v) is 4.11. The van der Waals surface area contributed by atoms with Gasteiger partial charge in [-0.15, -0.1) is 0 Å². The molecule has 4 saturated heterocycles. The fraction of sp³-hybridized carbons (Fsp3) is 0.923. The molecular weight excluding hydrogens is 200 g/mol. The van der Waals surface area contributed by atoms with Gasteiger partial charge in [0.1, 0.15) is 5.78 Å². The first-order chi connectivity index (χ1) is 7.59. The molecule has 4 fully saturated rings. The Morgan fingerprint density at radius 2 is 1.81 bits per heavy atom. The summed E-state index contributed by atoms with van der Waals surface area (Å²) in [7, 11) is 0. The molecule has 4 bridgehead atoms. The number of carbonyl (C=O) groups excluding carboxylic acids is 1. The molecule has 3 heteroatoms. The summed E-state index contributed by atoms with van der Waals surface area (Å²) in [5.74, 6) is 1.52. The van der Waals surface area contributed by atoms with Crippen molar-refractivity contribution in [3.63, 3.8) is 0 Å². The summed E-state index contributed by atoms with van der Waals surface area (Å²) in [6.45, 7) is 10.9. The van der Waals surface area contributed by atoms with Crippen LogP contribution in [0.5, 0.6) is 0 Å². The highest BCUT2D eigenvalue weighted by Gasteiger charge is 2.53. The molecule has 2 atom stereocenters. The van der Waals surface area contributed by atoms with Crippen LogP contribution in [-0.2, 0) is 4.79 Å². The largest absolute Gasteiger partial charge is 0.300 e. The Balaban J connectivity index is 1.94. The number of fused-ring (bicyclic) bond motifs is 1. The first kappa shape index (κ1) is 10.7. The van der Waals surface area contributed by atoms with Crippen molar-refractivity contribution in [3.8, 4) is 0 Å². The van der Waals surface area contributed by atoms with Crippen molar-refractivity contribution in [1.82, 2.24) is 9.80 Å². The van der Waals surface area contributed by atoms with E-state index in [2.05, 4.69) is 23.6 Å². The third-order valence-electron chi connectivity index (χ3n) is 4.43. The van der Waals surface area contributed by atoms with Gasteiger partial charge in [-0.3, -0.25) is 4.79 Å². The zero-order chi connectivity index (χ0) is 11.3. The molecule has 0 spiro atoms. The summed E-state index contributed by atoms with van der Waals surface area (Å²) in [4.78, 5) is 17.6. The molecule has 0 saturated carbocycles. The van der Waals surface area contributed by atoms with Gasteiger partial charge in [0.2, 0.25) is 0 Å². The standard InChI is InChI=1S/C13H22N2O/c1-10(2)5-13-8-14-3-4-15(9-13)7-11(6-14)12(13)16/h10-11H,3-9H2,1-2H3. The van der Waals surface area contributed by atoms with E-state index in [0.29, 0.717) is 17.6 Å². The van der Waals surface area contributed by atoms with Crippen molar-refractivity contribution < 1.29 is 4.79 Å². The van der Waals surface area contributed by atoms with Crippen molar-refractivity contribution in [2.75, 3.05) is 39.3 Å². The van der Waals surface area contributed by atoms with Gasteiger partial charge in [-0.05, 0) is 12.3 Å². The molecule has 4 aliphatic heterocycles. The van der Waals surface area contributed by atoms with Gasteiger partial charge in [0.15, 0.2) is 0 Å². The summed E-state index contributed by atoms with van der Waals surface area (Å²) in [5.41, 5.74) is -0.0220. The molecule has 4 aliphatic rings. The highest BCUT2D eigenvalue weighted by molar-refractivity contribution is 5.89. The lowest BCUT2D eigenvalue weighted by atomic mass is 9.67. The van der Waals surface area contributed by atoms with Crippen LogP contribution in [-0.4, -0.2) is 54.9 Å². The van der Waals surface area contributed by atoms with Crippen molar-refractivity contribution in [3.05, 3.63) is 0 Å². The molecule has 4 rings (SSSR count). The normalized spacial score (nSPS) is 46.4. The third-order valence-corrected chi connectivity index (χ3v) is 4.43. The molecule has 16 heavy (non-hydrogen) atoms. The number of carbonyl (C=O) groups is 1. The maximum atomic E-state index is 12.5. The molecule has 3 nitrogen and oxygen atoms in total. The number of hydrogen-bond acceptors (Lipinski definition) is 3. The molecule has 0 aromatic carbocycles. The monoisotopic (exact) mass is 222 g/mol. The van der Waals surface area contributed by atoms with Gasteiger partial charge in [0.05, 0.1) is 5.41 Å². The predicted molar refractivity (Wildman–Crippen MR) is 63.3 cm³/mol. The van der Waals surface area contributed by atoms with E-state index in [-0.39, 0.29) is 5.41 Å². The van der Waals surface area contributed by atoms with Crippen LogP contribution >= 0.6 is 0 Å². The number of piperidine rings is 2. The topological polar surface area (TPSA) is 23.6 Å². The SMILES string of the molecule is CC(C)CC12CN3CCN(CC(C3)C1=O)C2. The Morgan fingerprint density at radius 1 is 1.25 bits per heavy atom. The molecule has 0 N–H and O–H groups in total. The average Bonchev–Trinajstić information content (AvgIpc) is 2.41. The van der Waals surface area contributed by atoms with E-state index < -0.39 is 0 Å².